The van der Waals surface area contributed by atoms with E-state index in [4.69, 9.17) is 0 Å². The Morgan fingerprint density at radius 3 is 2.13 bits per heavy atom. The van der Waals surface area contributed by atoms with E-state index in [2.05, 4.69) is 19.8 Å². The number of fused-ring (bicyclic) bond motifs is 1. The first kappa shape index (κ1) is 21.5. The Hall–Kier alpha value is -3.25. The van der Waals surface area contributed by atoms with Crippen LogP contribution in [0, 0.1) is 0 Å². The number of benzene rings is 1. The fourth-order valence-electron chi connectivity index (χ4n) is 2.63. The molecule has 0 saturated carbocycles. The van der Waals surface area contributed by atoms with Gasteiger partial charge in [-0.25, -0.2) is 4.57 Å². The zero-order valence-corrected chi connectivity index (χ0v) is 14.9. The van der Waals surface area contributed by atoms with E-state index in [0.29, 0.717) is 0 Å². The number of alkyl halides is 6. The molecule has 0 radical (unpaired) electrons. The number of hydrogen-bond acceptors (Lipinski definition) is 5. The molecular weight excluding hydrogens is 424 g/mol. The van der Waals surface area contributed by atoms with Gasteiger partial charge in [-0.2, -0.15) is 31.3 Å². The number of carbonyl (C=O) groups excluding carboxylic acids is 1. The summed E-state index contributed by atoms with van der Waals surface area (Å²) in [4.78, 5) is 28.2. The Morgan fingerprint density at radius 2 is 1.53 bits per heavy atom. The molecular formula is C17H13F6N3O4. The minimum absolute atomic E-state index is 0.0104. The maximum absolute atomic E-state index is 12.8. The Balaban J connectivity index is 1.99. The van der Waals surface area contributed by atoms with E-state index in [-0.39, 0.29) is 35.7 Å². The Morgan fingerprint density at radius 1 is 0.933 bits per heavy atom. The van der Waals surface area contributed by atoms with Crippen LogP contribution in [0.2, 0.25) is 0 Å². The maximum Gasteiger partial charge on any atom is 0.422 e. The van der Waals surface area contributed by atoms with Crippen LogP contribution in [0.1, 0.15) is 12.0 Å². The summed E-state index contributed by atoms with van der Waals surface area (Å²) in [6.45, 7) is -3.29. The van der Waals surface area contributed by atoms with Gasteiger partial charge in [0, 0.05) is 6.42 Å². The van der Waals surface area contributed by atoms with Crippen LogP contribution in [0.3, 0.4) is 0 Å². The summed E-state index contributed by atoms with van der Waals surface area (Å²) in [6.07, 6.45) is -9.28. The lowest BCUT2D eigenvalue weighted by molar-refractivity contribution is -0.155. The molecule has 0 atom stereocenters. The lowest BCUT2D eigenvalue weighted by Crippen LogP contribution is -2.33. The predicted octanol–water partition coefficient (Wildman–Crippen LogP) is 3.00. The number of carbonyl (C=O) groups is 1. The summed E-state index contributed by atoms with van der Waals surface area (Å²) < 4.78 is 84.5. The van der Waals surface area contributed by atoms with Crippen LogP contribution in [-0.2, 0) is 11.2 Å². The maximum atomic E-state index is 12.8. The summed E-state index contributed by atoms with van der Waals surface area (Å²) in [6, 6.07) is 3.83. The van der Waals surface area contributed by atoms with Crippen molar-refractivity contribution in [3.05, 3.63) is 40.2 Å². The molecule has 0 aliphatic carbocycles. The fraction of sp³-hybridized carbons (Fsp3) is 0.353. The number of nitrogens with one attached hydrogen (secondary N) is 1. The minimum Gasteiger partial charge on any atom is -0.484 e. The molecule has 0 bridgehead atoms. The van der Waals surface area contributed by atoms with Crippen LogP contribution in [0.4, 0.5) is 32.2 Å². The topological polar surface area (TPSA) is 82.4 Å². The number of nitrogens with zero attached hydrogens (tertiary/aromatic N) is 2. The third kappa shape index (κ3) is 5.21. The molecule has 0 spiro atoms. The van der Waals surface area contributed by atoms with Crippen molar-refractivity contribution in [3.8, 4) is 17.4 Å². The molecule has 2 aromatic rings. The van der Waals surface area contributed by atoms with Crippen molar-refractivity contribution in [2.24, 2.45) is 0 Å². The van der Waals surface area contributed by atoms with Crippen LogP contribution in [0.5, 0.6) is 11.8 Å². The number of hydrogen-bond donors (Lipinski definition) is 1. The monoisotopic (exact) mass is 437 g/mol. The summed E-state index contributed by atoms with van der Waals surface area (Å²) >= 11 is 0. The molecule has 1 aliphatic rings. The van der Waals surface area contributed by atoms with Crippen molar-refractivity contribution in [1.82, 2.24) is 9.55 Å². The van der Waals surface area contributed by atoms with Crippen molar-refractivity contribution in [1.29, 1.82) is 0 Å². The second-order valence-corrected chi connectivity index (χ2v) is 6.21. The molecule has 1 aromatic carbocycles. The largest absolute Gasteiger partial charge is 0.484 e. The van der Waals surface area contributed by atoms with Crippen molar-refractivity contribution >= 4 is 11.7 Å². The molecule has 13 heteroatoms. The van der Waals surface area contributed by atoms with E-state index in [0.717, 1.165) is 16.7 Å². The van der Waals surface area contributed by atoms with Gasteiger partial charge in [0.1, 0.15) is 11.6 Å². The van der Waals surface area contributed by atoms with E-state index in [9.17, 15) is 35.9 Å². The van der Waals surface area contributed by atoms with Gasteiger partial charge in [-0.3, -0.25) is 9.59 Å². The van der Waals surface area contributed by atoms with Gasteiger partial charge in [-0.1, -0.05) is 0 Å². The molecule has 1 amide bonds. The number of aromatic nitrogens is 2. The van der Waals surface area contributed by atoms with Crippen molar-refractivity contribution in [2.45, 2.75) is 25.2 Å². The molecule has 1 N–H and O–H groups in total. The van der Waals surface area contributed by atoms with E-state index < -0.39 is 43.0 Å². The number of anilines is 1. The molecule has 30 heavy (non-hydrogen) atoms. The molecule has 7 nitrogen and oxygen atoms in total. The van der Waals surface area contributed by atoms with Crippen molar-refractivity contribution in [3.63, 3.8) is 0 Å². The highest BCUT2D eigenvalue weighted by Crippen LogP contribution is 2.26. The van der Waals surface area contributed by atoms with Crippen LogP contribution in [-0.4, -0.2) is 41.0 Å². The van der Waals surface area contributed by atoms with Gasteiger partial charge in [0.05, 0.1) is 11.3 Å². The van der Waals surface area contributed by atoms with Crippen LogP contribution >= 0.6 is 0 Å². The zero-order chi connectivity index (χ0) is 22.1. The summed E-state index contributed by atoms with van der Waals surface area (Å²) in [5.41, 5.74) is -0.726. The average molecular weight is 437 g/mol. The first-order valence-corrected chi connectivity index (χ1v) is 8.38. The van der Waals surface area contributed by atoms with E-state index >= 15 is 0 Å². The third-order valence-electron chi connectivity index (χ3n) is 3.87. The van der Waals surface area contributed by atoms with E-state index in [1.807, 2.05) is 0 Å². The highest BCUT2D eigenvalue weighted by Gasteiger charge is 2.31. The lowest BCUT2D eigenvalue weighted by atomic mass is 10.1. The predicted molar refractivity (Wildman–Crippen MR) is 89.9 cm³/mol. The molecule has 0 fully saturated rings. The smallest absolute Gasteiger partial charge is 0.422 e. The van der Waals surface area contributed by atoms with Gasteiger partial charge >= 0.3 is 18.4 Å². The molecule has 0 unspecified atom stereocenters. The van der Waals surface area contributed by atoms with Crippen LogP contribution in [0.15, 0.2) is 29.1 Å². The Bertz CT molecular complexity index is 999. The first-order valence-electron chi connectivity index (χ1n) is 8.38. The Kier molecular flexibility index (Phi) is 5.63. The highest BCUT2D eigenvalue weighted by molar-refractivity contribution is 5.92. The number of amides is 1. The Labute approximate surface area is 164 Å². The van der Waals surface area contributed by atoms with Gasteiger partial charge < -0.3 is 14.8 Å². The van der Waals surface area contributed by atoms with Gasteiger partial charge in [0.15, 0.2) is 13.2 Å². The molecule has 2 heterocycles. The van der Waals surface area contributed by atoms with E-state index in [1.165, 1.54) is 12.1 Å². The third-order valence-corrected chi connectivity index (χ3v) is 3.87. The SMILES string of the molecule is O=C1CCc2c(nc(OCC(F)(F)F)n(-c3ccc(OCC(F)(F)F)cc3)c2=O)N1. The standard InChI is InChI=1S/C17H13F6N3O4/c18-16(19,20)7-29-10-3-1-9(2-4-10)26-14(28)11-5-6-12(27)24-13(11)25-15(26)30-8-17(21,22)23/h1-4H,5-8H2,(H,24,27). The lowest BCUT2D eigenvalue weighted by Gasteiger charge is -2.20. The van der Waals surface area contributed by atoms with Gasteiger partial charge in [-0.15, -0.1) is 0 Å². The van der Waals surface area contributed by atoms with Crippen LogP contribution < -0.4 is 20.3 Å². The molecule has 1 aromatic heterocycles. The van der Waals surface area contributed by atoms with Gasteiger partial charge in [0.2, 0.25) is 5.91 Å². The molecule has 0 saturated heterocycles. The second kappa shape index (κ2) is 7.88. The minimum atomic E-state index is -4.73. The normalized spacial score (nSPS) is 14.1. The quantitative estimate of drug-likeness (QED) is 0.728. The summed E-state index contributed by atoms with van der Waals surface area (Å²) in [5.74, 6) is -0.824. The zero-order valence-electron chi connectivity index (χ0n) is 14.9. The van der Waals surface area contributed by atoms with Crippen molar-refractivity contribution < 1.29 is 40.6 Å². The molecule has 162 valence electrons. The molecule has 3 rings (SSSR count). The van der Waals surface area contributed by atoms with E-state index in [1.54, 1.807) is 0 Å². The number of halogens is 6. The highest BCUT2D eigenvalue weighted by atomic mass is 19.4. The van der Waals surface area contributed by atoms with Crippen LogP contribution in [0.25, 0.3) is 5.69 Å². The summed E-state index contributed by atoms with van der Waals surface area (Å²) in [5, 5.41) is 2.31. The fourth-order valence-corrected chi connectivity index (χ4v) is 2.63. The van der Waals surface area contributed by atoms with Crippen molar-refractivity contribution in [2.75, 3.05) is 18.5 Å². The number of rotatable bonds is 5. The van der Waals surface area contributed by atoms with Gasteiger partial charge in [-0.05, 0) is 30.7 Å². The van der Waals surface area contributed by atoms with Gasteiger partial charge in [0.25, 0.3) is 5.56 Å². The summed E-state index contributed by atoms with van der Waals surface area (Å²) in [7, 11) is 0. The molecule has 1 aliphatic heterocycles. The first-order chi connectivity index (χ1) is 13.9. The average Bonchev–Trinajstić information content (AvgIpc) is 2.64. The number of ether oxygens (including phenoxy) is 2. The second-order valence-electron chi connectivity index (χ2n) is 6.21.